The Labute approximate surface area is 130 Å². The van der Waals surface area contributed by atoms with E-state index in [1.165, 1.54) is 11.3 Å². The van der Waals surface area contributed by atoms with Crippen LogP contribution < -0.4 is 21.3 Å². The second kappa shape index (κ2) is 6.00. The topological polar surface area (TPSA) is 89.3 Å². The van der Waals surface area contributed by atoms with Crippen LogP contribution in [0.25, 0.3) is 10.2 Å². The SMILES string of the molecule is COc1ccc(C(=O)Nc2ccc3nc(NN)sc3c2)cc1. The number of hydrogen-bond acceptors (Lipinski definition) is 6. The van der Waals surface area contributed by atoms with E-state index < -0.39 is 0 Å². The smallest absolute Gasteiger partial charge is 0.255 e. The third kappa shape index (κ3) is 2.85. The first kappa shape index (κ1) is 14.3. The summed E-state index contributed by atoms with van der Waals surface area (Å²) in [6, 6.07) is 12.5. The summed E-state index contributed by atoms with van der Waals surface area (Å²) in [5.74, 6) is 5.89. The highest BCUT2D eigenvalue weighted by atomic mass is 32.1. The number of carbonyl (C=O) groups is 1. The number of rotatable bonds is 4. The number of nitrogens with one attached hydrogen (secondary N) is 2. The molecule has 1 aromatic heterocycles. The number of benzene rings is 2. The van der Waals surface area contributed by atoms with Gasteiger partial charge >= 0.3 is 0 Å². The molecule has 112 valence electrons. The minimum absolute atomic E-state index is 0.177. The summed E-state index contributed by atoms with van der Waals surface area (Å²) in [7, 11) is 1.59. The Morgan fingerprint density at radius 2 is 2.00 bits per heavy atom. The van der Waals surface area contributed by atoms with E-state index in [1.54, 1.807) is 31.4 Å². The predicted octanol–water partition coefficient (Wildman–Crippen LogP) is 2.84. The summed E-state index contributed by atoms with van der Waals surface area (Å²) in [4.78, 5) is 16.5. The number of nitrogens with zero attached hydrogens (tertiary/aromatic N) is 1. The van der Waals surface area contributed by atoms with Crippen LogP contribution >= 0.6 is 11.3 Å². The fourth-order valence-corrected chi connectivity index (χ4v) is 2.83. The van der Waals surface area contributed by atoms with Gasteiger partial charge in [-0.25, -0.2) is 10.8 Å². The molecule has 22 heavy (non-hydrogen) atoms. The lowest BCUT2D eigenvalue weighted by molar-refractivity contribution is 0.102. The van der Waals surface area contributed by atoms with Gasteiger partial charge in [-0.05, 0) is 42.5 Å². The lowest BCUT2D eigenvalue weighted by atomic mass is 10.2. The molecule has 0 bridgehead atoms. The first-order valence-electron chi connectivity index (χ1n) is 6.52. The number of anilines is 2. The van der Waals surface area contributed by atoms with Crippen LogP contribution in [0.1, 0.15) is 10.4 Å². The van der Waals surface area contributed by atoms with Crippen LogP contribution in [0.3, 0.4) is 0 Å². The fourth-order valence-electron chi connectivity index (χ4n) is 2.01. The molecule has 7 heteroatoms. The van der Waals surface area contributed by atoms with E-state index in [1.807, 2.05) is 18.2 Å². The van der Waals surface area contributed by atoms with Gasteiger partial charge in [0.2, 0.25) is 0 Å². The quantitative estimate of drug-likeness (QED) is 0.509. The maximum absolute atomic E-state index is 12.2. The van der Waals surface area contributed by atoms with Crippen LogP contribution in [0, 0.1) is 0 Å². The maximum atomic E-state index is 12.2. The number of nitrogen functional groups attached to an aromatic ring is 1. The van der Waals surface area contributed by atoms with Crippen molar-refractivity contribution in [3.8, 4) is 5.75 Å². The van der Waals surface area contributed by atoms with E-state index in [0.717, 1.165) is 10.2 Å². The van der Waals surface area contributed by atoms with Gasteiger partial charge in [0.25, 0.3) is 5.91 Å². The Morgan fingerprint density at radius 1 is 1.23 bits per heavy atom. The van der Waals surface area contributed by atoms with Crippen molar-refractivity contribution in [1.29, 1.82) is 0 Å². The Bertz CT molecular complexity index is 814. The minimum Gasteiger partial charge on any atom is -0.497 e. The van der Waals surface area contributed by atoms with Gasteiger partial charge in [0.1, 0.15) is 5.75 Å². The average Bonchev–Trinajstić information content (AvgIpc) is 2.97. The largest absolute Gasteiger partial charge is 0.497 e. The predicted molar refractivity (Wildman–Crippen MR) is 88.4 cm³/mol. The number of methoxy groups -OCH3 is 1. The molecule has 0 aliphatic heterocycles. The Hall–Kier alpha value is -2.64. The highest BCUT2D eigenvalue weighted by molar-refractivity contribution is 7.22. The number of nitrogens with two attached hydrogens (primary N) is 1. The van der Waals surface area contributed by atoms with Gasteiger partial charge in [-0.2, -0.15) is 0 Å². The Kier molecular flexibility index (Phi) is 3.90. The zero-order valence-electron chi connectivity index (χ0n) is 11.8. The lowest BCUT2D eigenvalue weighted by Gasteiger charge is -2.06. The highest BCUT2D eigenvalue weighted by Gasteiger charge is 2.08. The summed E-state index contributed by atoms with van der Waals surface area (Å²) >= 11 is 1.42. The maximum Gasteiger partial charge on any atom is 0.255 e. The van der Waals surface area contributed by atoms with Crippen molar-refractivity contribution < 1.29 is 9.53 Å². The van der Waals surface area contributed by atoms with Crippen molar-refractivity contribution in [2.75, 3.05) is 17.9 Å². The molecule has 0 aliphatic rings. The molecule has 4 N–H and O–H groups in total. The second-order valence-corrected chi connectivity index (χ2v) is 5.56. The molecule has 0 atom stereocenters. The molecule has 3 rings (SSSR count). The van der Waals surface area contributed by atoms with Gasteiger partial charge in [0.15, 0.2) is 5.13 Å². The zero-order valence-corrected chi connectivity index (χ0v) is 12.6. The fraction of sp³-hybridized carbons (Fsp3) is 0.0667. The van der Waals surface area contributed by atoms with Crippen molar-refractivity contribution >= 4 is 38.3 Å². The first-order chi connectivity index (χ1) is 10.7. The number of hydrogen-bond donors (Lipinski definition) is 3. The molecule has 2 aromatic carbocycles. The molecule has 0 aliphatic carbocycles. The first-order valence-corrected chi connectivity index (χ1v) is 7.34. The molecule has 1 heterocycles. The lowest BCUT2D eigenvalue weighted by Crippen LogP contribution is -2.11. The average molecular weight is 314 g/mol. The zero-order chi connectivity index (χ0) is 15.5. The number of aromatic nitrogens is 1. The Balaban J connectivity index is 1.80. The molecule has 0 spiro atoms. The molecule has 1 amide bonds. The molecular weight excluding hydrogens is 300 g/mol. The van der Waals surface area contributed by atoms with E-state index in [2.05, 4.69) is 15.7 Å². The Morgan fingerprint density at radius 3 is 2.68 bits per heavy atom. The molecule has 0 fully saturated rings. The van der Waals surface area contributed by atoms with Crippen LogP contribution in [-0.2, 0) is 0 Å². The van der Waals surface area contributed by atoms with Crippen LogP contribution in [-0.4, -0.2) is 18.0 Å². The van der Waals surface area contributed by atoms with Crippen molar-refractivity contribution in [3.05, 3.63) is 48.0 Å². The molecule has 3 aromatic rings. The van der Waals surface area contributed by atoms with Crippen molar-refractivity contribution in [3.63, 3.8) is 0 Å². The van der Waals surface area contributed by atoms with E-state index >= 15 is 0 Å². The third-order valence-corrected chi connectivity index (χ3v) is 4.07. The normalized spacial score (nSPS) is 10.5. The number of fused-ring (bicyclic) bond motifs is 1. The van der Waals surface area contributed by atoms with Crippen molar-refractivity contribution in [2.45, 2.75) is 0 Å². The monoisotopic (exact) mass is 314 g/mol. The standard InChI is InChI=1S/C15H14N4O2S/c1-21-11-5-2-9(3-6-11)14(20)17-10-4-7-12-13(8-10)22-15(18-12)19-16/h2-8H,16H2,1H3,(H,17,20)(H,18,19). The van der Waals surface area contributed by atoms with Gasteiger partial charge in [-0.1, -0.05) is 11.3 Å². The summed E-state index contributed by atoms with van der Waals surface area (Å²) < 4.78 is 6.02. The van der Waals surface area contributed by atoms with E-state index in [-0.39, 0.29) is 5.91 Å². The summed E-state index contributed by atoms with van der Waals surface area (Å²) in [6.07, 6.45) is 0. The van der Waals surface area contributed by atoms with Gasteiger partial charge in [-0.15, -0.1) is 0 Å². The molecular formula is C15H14N4O2S. The van der Waals surface area contributed by atoms with Crippen LogP contribution in [0.15, 0.2) is 42.5 Å². The van der Waals surface area contributed by atoms with E-state index in [0.29, 0.717) is 22.1 Å². The van der Waals surface area contributed by atoms with E-state index in [9.17, 15) is 4.79 Å². The van der Waals surface area contributed by atoms with Gasteiger partial charge in [-0.3, -0.25) is 10.2 Å². The van der Waals surface area contributed by atoms with E-state index in [4.69, 9.17) is 10.6 Å². The number of hydrazine groups is 1. The van der Waals surface area contributed by atoms with Crippen LogP contribution in [0.2, 0.25) is 0 Å². The number of ether oxygens (including phenoxy) is 1. The van der Waals surface area contributed by atoms with Gasteiger partial charge in [0, 0.05) is 11.3 Å². The highest BCUT2D eigenvalue weighted by Crippen LogP contribution is 2.28. The van der Waals surface area contributed by atoms with Gasteiger partial charge in [0.05, 0.1) is 17.3 Å². The molecule has 0 saturated heterocycles. The van der Waals surface area contributed by atoms with Crippen LogP contribution in [0.5, 0.6) is 5.75 Å². The molecule has 6 nitrogen and oxygen atoms in total. The summed E-state index contributed by atoms with van der Waals surface area (Å²) in [5.41, 5.74) is 4.63. The number of carbonyl (C=O) groups excluding carboxylic acids is 1. The summed E-state index contributed by atoms with van der Waals surface area (Å²) in [5, 5.41) is 3.50. The third-order valence-electron chi connectivity index (χ3n) is 3.12. The van der Waals surface area contributed by atoms with Crippen molar-refractivity contribution in [1.82, 2.24) is 4.98 Å². The molecule has 0 unspecified atom stereocenters. The second-order valence-electron chi connectivity index (χ2n) is 4.53. The minimum atomic E-state index is -0.177. The number of amides is 1. The van der Waals surface area contributed by atoms with Crippen LogP contribution in [0.4, 0.5) is 10.8 Å². The summed E-state index contributed by atoms with van der Waals surface area (Å²) in [6.45, 7) is 0. The van der Waals surface area contributed by atoms with Crippen molar-refractivity contribution in [2.24, 2.45) is 5.84 Å². The van der Waals surface area contributed by atoms with Gasteiger partial charge < -0.3 is 10.1 Å². The number of thiazole rings is 1. The molecule has 0 radical (unpaired) electrons. The molecule has 0 saturated carbocycles.